The number of amides is 1. The molecule has 4 heteroatoms. The third kappa shape index (κ3) is 4.75. The Balaban J connectivity index is 1.45. The van der Waals surface area contributed by atoms with Crippen molar-refractivity contribution in [3.63, 3.8) is 0 Å². The smallest absolute Gasteiger partial charge is 0.258 e. The molecule has 132 valence electrons. The summed E-state index contributed by atoms with van der Waals surface area (Å²) >= 11 is 0. The van der Waals surface area contributed by atoms with Crippen LogP contribution in [0.4, 0.5) is 5.69 Å². The molecule has 0 bridgehead atoms. The summed E-state index contributed by atoms with van der Waals surface area (Å²) in [5.74, 6) is 0.652. The topological polar surface area (TPSA) is 41.6 Å². The average molecular weight is 338 g/mol. The zero-order valence-corrected chi connectivity index (χ0v) is 15.0. The van der Waals surface area contributed by atoms with E-state index in [2.05, 4.69) is 40.5 Å². The van der Waals surface area contributed by atoms with Crippen LogP contribution in [0.3, 0.4) is 0 Å². The molecule has 1 fully saturated rings. The Labute approximate surface area is 149 Å². The molecule has 0 radical (unpaired) electrons. The number of rotatable bonds is 6. The van der Waals surface area contributed by atoms with Gasteiger partial charge in [-0.1, -0.05) is 29.8 Å². The zero-order chi connectivity index (χ0) is 17.6. The molecule has 0 spiro atoms. The molecule has 0 aliphatic carbocycles. The lowest BCUT2D eigenvalue weighted by Gasteiger charge is -2.17. The fourth-order valence-corrected chi connectivity index (χ4v) is 3.16. The van der Waals surface area contributed by atoms with Gasteiger partial charge in [0.25, 0.3) is 5.91 Å². The highest BCUT2D eigenvalue weighted by atomic mass is 16.5. The molecule has 3 rings (SSSR count). The molecule has 1 heterocycles. The Morgan fingerprint density at radius 2 is 1.80 bits per heavy atom. The molecule has 1 amide bonds. The SMILES string of the molecule is Cc1ccc(OCC(=O)NCc2ccc(N3CCCC3)cc2)c(C)c1. The maximum Gasteiger partial charge on any atom is 0.258 e. The van der Waals surface area contributed by atoms with Crippen LogP contribution in [-0.2, 0) is 11.3 Å². The monoisotopic (exact) mass is 338 g/mol. The Morgan fingerprint density at radius 1 is 1.08 bits per heavy atom. The van der Waals surface area contributed by atoms with Gasteiger partial charge in [-0.2, -0.15) is 0 Å². The molecule has 25 heavy (non-hydrogen) atoms. The van der Waals surface area contributed by atoms with Gasteiger partial charge < -0.3 is 15.0 Å². The minimum atomic E-state index is -0.108. The van der Waals surface area contributed by atoms with Gasteiger partial charge in [0.1, 0.15) is 5.75 Å². The summed E-state index contributed by atoms with van der Waals surface area (Å²) in [6, 6.07) is 14.4. The van der Waals surface area contributed by atoms with E-state index < -0.39 is 0 Å². The van der Waals surface area contributed by atoms with Gasteiger partial charge in [-0.15, -0.1) is 0 Å². The molecule has 4 nitrogen and oxygen atoms in total. The second kappa shape index (κ2) is 8.06. The maximum atomic E-state index is 12.0. The van der Waals surface area contributed by atoms with Crippen molar-refractivity contribution in [1.29, 1.82) is 0 Å². The van der Waals surface area contributed by atoms with Gasteiger partial charge in [-0.3, -0.25) is 4.79 Å². The third-order valence-corrected chi connectivity index (χ3v) is 4.59. The molecule has 1 N–H and O–H groups in total. The van der Waals surface area contributed by atoms with Crippen LogP contribution < -0.4 is 15.0 Å². The summed E-state index contributed by atoms with van der Waals surface area (Å²) in [6.07, 6.45) is 2.55. The van der Waals surface area contributed by atoms with Gasteiger partial charge in [0, 0.05) is 25.3 Å². The van der Waals surface area contributed by atoms with E-state index in [0.29, 0.717) is 6.54 Å². The number of aryl methyl sites for hydroxylation is 2. The van der Waals surface area contributed by atoms with Crippen LogP contribution in [0.2, 0.25) is 0 Å². The van der Waals surface area contributed by atoms with Gasteiger partial charge in [-0.25, -0.2) is 0 Å². The number of carbonyl (C=O) groups excluding carboxylic acids is 1. The molecule has 2 aromatic rings. The van der Waals surface area contributed by atoms with Crippen molar-refractivity contribution in [2.45, 2.75) is 33.2 Å². The molecule has 1 saturated heterocycles. The van der Waals surface area contributed by atoms with Gasteiger partial charge in [0.2, 0.25) is 0 Å². The number of benzene rings is 2. The average Bonchev–Trinajstić information content (AvgIpc) is 3.14. The van der Waals surface area contributed by atoms with Crippen LogP contribution >= 0.6 is 0 Å². The summed E-state index contributed by atoms with van der Waals surface area (Å²) in [7, 11) is 0. The fourth-order valence-electron chi connectivity index (χ4n) is 3.16. The van der Waals surface area contributed by atoms with E-state index in [0.717, 1.165) is 30.0 Å². The van der Waals surface area contributed by atoms with E-state index in [1.165, 1.54) is 24.1 Å². The van der Waals surface area contributed by atoms with E-state index in [1.807, 2.05) is 26.0 Å². The Kier molecular flexibility index (Phi) is 5.59. The quantitative estimate of drug-likeness (QED) is 0.875. The highest BCUT2D eigenvalue weighted by Gasteiger charge is 2.12. The Bertz CT molecular complexity index is 719. The fraction of sp³-hybridized carbons (Fsp3) is 0.381. The third-order valence-electron chi connectivity index (χ3n) is 4.59. The minimum Gasteiger partial charge on any atom is -0.484 e. The summed E-state index contributed by atoms with van der Waals surface area (Å²) in [5, 5.41) is 2.91. The number of carbonyl (C=O) groups is 1. The molecule has 0 aromatic heterocycles. The number of nitrogens with zero attached hydrogens (tertiary/aromatic N) is 1. The first-order valence-corrected chi connectivity index (χ1v) is 8.92. The van der Waals surface area contributed by atoms with E-state index in [9.17, 15) is 4.79 Å². The Hall–Kier alpha value is -2.49. The molecule has 0 saturated carbocycles. The standard InChI is InChI=1S/C21H26N2O2/c1-16-5-10-20(17(2)13-16)25-15-21(24)22-14-18-6-8-19(9-7-18)23-11-3-4-12-23/h5-10,13H,3-4,11-12,14-15H2,1-2H3,(H,22,24). The van der Waals surface area contributed by atoms with Crippen molar-refractivity contribution in [2.75, 3.05) is 24.6 Å². The molecular formula is C21H26N2O2. The lowest BCUT2D eigenvalue weighted by molar-refractivity contribution is -0.123. The van der Waals surface area contributed by atoms with Crippen molar-refractivity contribution >= 4 is 11.6 Å². The maximum absolute atomic E-state index is 12.0. The van der Waals surface area contributed by atoms with Crippen molar-refractivity contribution in [3.8, 4) is 5.75 Å². The summed E-state index contributed by atoms with van der Waals surface area (Å²) in [4.78, 5) is 14.4. The number of hydrogen-bond acceptors (Lipinski definition) is 3. The lowest BCUT2D eigenvalue weighted by atomic mass is 10.1. The zero-order valence-electron chi connectivity index (χ0n) is 15.0. The van der Waals surface area contributed by atoms with Crippen LogP contribution in [0, 0.1) is 13.8 Å². The minimum absolute atomic E-state index is 0.0375. The lowest BCUT2D eigenvalue weighted by Crippen LogP contribution is -2.28. The van der Waals surface area contributed by atoms with Crippen molar-refractivity contribution < 1.29 is 9.53 Å². The van der Waals surface area contributed by atoms with Crippen molar-refractivity contribution in [1.82, 2.24) is 5.32 Å². The van der Waals surface area contributed by atoms with Gasteiger partial charge >= 0.3 is 0 Å². The molecule has 1 aliphatic heterocycles. The van der Waals surface area contributed by atoms with Gasteiger partial charge in [-0.05, 0) is 56.0 Å². The normalized spacial score (nSPS) is 13.8. The van der Waals surface area contributed by atoms with Crippen LogP contribution in [0.25, 0.3) is 0 Å². The van der Waals surface area contributed by atoms with E-state index in [1.54, 1.807) is 0 Å². The van der Waals surface area contributed by atoms with Gasteiger partial charge in [0.05, 0.1) is 0 Å². The second-order valence-electron chi connectivity index (χ2n) is 6.69. The summed E-state index contributed by atoms with van der Waals surface area (Å²) in [5.41, 5.74) is 4.60. The predicted octanol–water partition coefficient (Wildman–Crippen LogP) is 3.60. The van der Waals surface area contributed by atoms with Gasteiger partial charge in [0.15, 0.2) is 6.61 Å². The largest absolute Gasteiger partial charge is 0.484 e. The first-order chi connectivity index (χ1) is 12.1. The Morgan fingerprint density at radius 3 is 2.48 bits per heavy atom. The first kappa shape index (κ1) is 17.3. The molecular weight excluding hydrogens is 312 g/mol. The molecule has 1 aliphatic rings. The van der Waals surface area contributed by atoms with Crippen LogP contribution in [-0.4, -0.2) is 25.6 Å². The molecule has 0 unspecified atom stereocenters. The highest BCUT2D eigenvalue weighted by Crippen LogP contribution is 2.20. The molecule has 0 atom stereocenters. The number of nitrogens with one attached hydrogen (secondary N) is 1. The van der Waals surface area contributed by atoms with Crippen LogP contribution in [0.15, 0.2) is 42.5 Å². The van der Waals surface area contributed by atoms with Crippen LogP contribution in [0.5, 0.6) is 5.75 Å². The predicted molar refractivity (Wildman–Crippen MR) is 101 cm³/mol. The van der Waals surface area contributed by atoms with E-state index in [4.69, 9.17) is 4.74 Å². The number of ether oxygens (including phenoxy) is 1. The van der Waals surface area contributed by atoms with E-state index in [-0.39, 0.29) is 12.5 Å². The number of anilines is 1. The highest BCUT2D eigenvalue weighted by molar-refractivity contribution is 5.77. The van der Waals surface area contributed by atoms with Crippen molar-refractivity contribution in [2.24, 2.45) is 0 Å². The van der Waals surface area contributed by atoms with E-state index >= 15 is 0 Å². The summed E-state index contributed by atoms with van der Waals surface area (Å²) in [6.45, 7) is 6.88. The summed E-state index contributed by atoms with van der Waals surface area (Å²) < 4.78 is 5.61. The second-order valence-corrected chi connectivity index (χ2v) is 6.69. The number of hydrogen-bond donors (Lipinski definition) is 1. The first-order valence-electron chi connectivity index (χ1n) is 8.92. The van der Waals surface area contributed by atoms with Crippen LogP contribution in [0.1, 0.15) is 29.5 Å². The molecule has 2 aromatic carbocycles. The van der Waals surface area contributed by atoms with Crippen molar-refractivity contribution in [3.05, 3.63) is 59.2 Å².